The van der Waals surface area contributed by atoms with Gasteiger partial charge < -0.3 is 0 Å². The van der Waals surface area contributed by atoms with Crippen molar-refractivity contribution < 1.29 is 9.59 Å². The van der Waals surface area contributed by atoms with E-state index >= 15 is 0 Å². The predicted octanol–water partition coefficient (Wildman–Crippen LogP) is 1.84. The lowest BCUT2D eigenvalue weighted by molar-refractivity contribution is -0.126. The molecule has 0 bridgehead atoms. The van der Waals surface area contributed by atoms with Crippen molar-refractivity contribution >= 4 is 11.8 Å². The molecule has 1 aromatic rings. The fourth-order valence-corrected chi connectivity index (χ4v) is 2.39. The van der Waals surface area contributed by atoms with Gasteiger partial charge in [0.15, 0.2) is 0 Å². The number of benzene rings is 1. The van der Waals surface area contributed by atoms with Crippen LogP contribution < -0.4 is 5.32 Å². The quantitative estimate of drug-likeness (QED) is 0.807. The molecule has 1 fully saturated rings. The maximum absolute atomic E-state index is 11.6. The Morgan fingerprint density at radius 3 is 2.76 bits per heavy atom. The molecule has 90 valence electrons. The molecule has 2 rings (SSSR count). The Hall–Kier alpha value is -1.64. The van der Waals surface area contributed by atoms with Crippen LogP contribution in [0.4, 0.5) is 0 Å². The summed E-state index contributed by atoms with van der Waals surface area (Å²) in [5.74, 6) is -0.225. The van der Waals surface area contributed by atoms with Crippen LogP contribution in [0.15, 0.2) is 24.3 Å². The molecule has 0 aliphatic carbocycles. The fraction of sp³-hybridized carbons (Fsp3) is 0.429. The van der Waals surface area contributed by atoms with E-state index in [9.17, 15) is 9.59 Å². The summed E-state index contributed by atoms with van der Waals surface area (Å²) in [7, 11) is 0. The van der Waals surface area contributed by atoms with Crippen LogP contribution >= 0.6 is 0 Å². The molecule has 1 aromatic carbocycles. The van der Waals surface area contributed by atoms with E-state index in [-0.39, 0.29) is 23.7 Å². The van der Waals surface area contributed by atoms with E-state index in [1.807, 2.05) is 13.0 Å². The molecule has 0 aromatic heterocycles. The van der Waals surface area contributed by atoms with E-state index in [2.05, 4.69) is 30.4 Å². The number of carbonyl (C=O) groups excluding carboxylic acids is 2. The molecular weight excluding hydrogens is 214 g/mol. The molecule has 1 N–H and O–H groups in total. The first-order valence-corrected chi connectivity index (χ1v) is 5.95. The number of imide groups is 1. The minimum Gasteiger partial charge on any atom is -0.296 e. The Balaban J connectivity index is 2.04. The maximum atomic E-state index is 11.6. The zero-order valence-electron chi connectivity index (χ0n) is 10.2. The molecule has 2 atom stereocenters. The summed E-state index contributed by atoms with van der Waals surface area (Å²) in [5, 5.41) is 2.37. The van der Waals surface area contributed by atoms with Crippen LogP contribution in [0.3, 0.4) is 0 Å². The third-order valence-electron chi connectivity index (χ3n) is 3.33. The van der Waals surface area contributed by atoms with Gasteiger partial charge in [-0.3, -0.25) is 14.9 Å². The highest BCUT2D eigenvalue weighted by Gasteiger charge is 2.34. The molecule has 1 saturated heterocycles. The molecule has 1 aliphatic rings. The Bertz CT molecular complexity index is 453. The smallest absolute Gasteiger partial charge is 0.230 e. The maximum Gasteiger partial charge on any atom is 0.230 e. The molecule has 0 saturated carbocycles. The third kappa shape index (κ3) is 2.73. The summed E-state index contributed by atoms with van der Waals surface area (Å²) in [6.07, 6.45) is 1.18. The lowest BCUT2D eigenvalue weighted by Gasteiger charge is -2.16. The molecule has 2 amide bonds. The van der Waals surface area contributed by atoms with Crippen molar-refractivity contribution in [3.63, 3.8) is 0 Å². The first-order valence-electron chi connectivity index (χ1n) is 5.95. The summed E-state index contributed by atoms with van der Waals surface area (Å²) in [6.45, 7) is 4.09. The number of amides is 2. The highest BCUT2D eigenvalue weighted by molar-refractivity contribution is 6.03. The minimum absolute atomic E-state index is 0.116. The van der Waals surface area contributed by atoms with Gasteiger partial charge in [-0.05, 0) is 24.8 Å². The number of nitrogens with one attached hydrogen (secondary N) is 1. The van der Waals surface area contributed by atoms with Crippen molar-refractivity contribution in [1.29, 1.82) is 0 Å². The van der Waals surface area contributed by atoms with Crippen LogP contribution in [0, 0.1) is 18.8 Å². The van der Waals surface area contributed by atoms with E-state index in [0.29, 0.717) is 6.42 Å². The Morgan fingerprint density at radius 1 is 1.41 bits per heavy atom. The summed E-state index contributed by atoms with van der Waals surface area (Å²) in [4.78, 5) is 22.7. The predicted molar refractivity (Wildman–Crippen MR) is 65.3 cm³/mol. The molecule has 17 heavy (non-hydrogen) atoms. The molecule has 0 spiro atoms. The molecule has 3 nitrogen and oxygen atoms in total. The second-order valence-corrected chi connectivity index (χ2v) is 4.89. The monoisotopic (exact) mass is 231 g/mol. The number of aryl methyl sites for hydroxylation is 1. The van der Waals surface area contributed by atoms with Crippen molar-refractivity contribution in [1.82, 2.24) is 5.32 Å². The van der Waals surface area contributed by atoms with E-state index in [4.69, 9.17) is 0 Å². The van der Waals surface area contributed by atoms with Crippen LogP contribution in [0.25, 0.3) is 0 Å². The first-order chi connectivity index (χ1) is 8.06. The number of hydrogen-bond acceptors (Lipinski definition) is 2. The highest BCUT2D eigenvalue weighted by atomic mass is 16.2. The van der Waals surface area contributed by atoms with E-state index < -0.39 is 0 Å². The van der Waals surface area contributed by atoms with Gasteiger partial charge in [0.2, 0.25) is 11.8 Å². The van der Waals surface area contributed by atoms with Crippen molar-refractivity contribution in [2.75, 3.05) is 0 Å². The van der Waals surface area contributed by atoms with Gasteiger partial charge in [0.25, 0.3) is 0 Å². The zero-order valence-corrected chi connectivity index (χ0v) is 10.2. The van der Waals surface area contributed by atoms with Crippen LogP contribution in [0.5, 0.6) is 0 Å². The fourth-order valence-electron chi connectivity index (χ4n) is 2.39. The topological polar surface area (TPSA) is 46.2 Å². The number of rotatable bonds is 3. The number of carbonyl (C=O) groups is 2. The first kappa shape index (κ1) is 11.8. The lowest BCUT2D eigenvalue weighted by Crippen LogP contribution is -2.25. The van der Waals surface area contributed by atoms with Gasteiger partial charge in [-0.15, -0.1) is 0 Å². The molecule has 1 heterocycles. The van der Waals surface area contributed by atoms with Gasteiger partial charge in [0.05, 0.1) is 0 Å². The van der Waals surface area contributed by atoms with Gasteiger partial charge >= 0.3 is 0 Å². The van der Waals surface area contributed by atoms with E-state index in [1.165, 1.54) is 11.1 Å². The Labute approximate surface area is 101 Å². The summed E-state index contributed by atoms with van der Waals surface area (Å²) < 4.78 is 0. The van der Waals surface area contributed by atoms with Gasteiger partial charge in [-0.2, -0.15) is 0 Å². The highest BCUT2D eigenvalue weighted by Crippen LogP contribution is 2.24. The summed E-state index contributed by atoms with van der Waals surface area (Å²) in [5.41, 5.74) is 2.45. The third-order valence-corrected chi connectivity index (χ3v) is 3.33. The normalized spacial score (nSPS) is 21.4. The number of hydrogen-bond donors (Lipinski definition) is 1. The van der Waals surface area contributed by atoms with E-state index in [0.717, 1.165) is 6.42 Å². The van der Waals surface area contributed by atoms with Crippen molar-refractivity contribution in [2.24, 2.45) is 11.8 Å². The average Bonchev–Trinajstić information content (AvgIpc) is 2.58. The van der Waals surface area contributed by atoms with E-state index in [1.54, 1.807) is 0 Å². The second-order valence-electron chi connectivity index (χ2n) is 4.89. The van der Waals surface area contributed by atoms with Crippen LogP contribution in [0.1, 0.15) is 24.5 Å². The van der Waals surface area contributed by atoms with Crippen molar-refractivity contribution in [3.05, 3.63) is 35.4 Å². The minimum atomic E-state index is -0.164. The van der Waals surface area contributed by atoms with Gasteiger partial charge in [0.1, 0.15) is 0 Å². The van der Waals surface area contributed by atoms with Crippen LogP contribution in [-0.4, -0.2) is 11.8 Å². The second kappa shape index (κ2) is 4.70. The largest absolute Gasteiger partial charge is 0.296 e. The van der Waals surface area contributed by atoms with Gasteiger partial charge in [-0.1, -0.05) is 36.8 Å². The average molecular weight is 231 g/mol. The SMILES string of the molecule is Cc1cccc(CC(C)C2CC(=O)NC2=O)c1. The summed E-state index contributed by atoms with van der Waals surface area (Å²) >= 11 is 0. The zero-order chi connectivity index (χ0) is 12.4. The lowest BCUT2D eigenvalue weighted by atomic mass is 9.87. The van der Waals surface area contributed by atoms with Crippen LogP contribution in [-0.2, 0) is 16.0 Å². The van der Waals surface area contributed by atoms with Crippen molar-refractivity contribution in [2.45, 2.75) is 26.7 Å². The molecule has 2 unspecified atom stereocenters. The van der Waals surface area contributed by atoms with Crippen molar-refractivity contribution in [3.8, 4) is 0 Å². The Morgan fingerprint density at radius 2 is 2.18 bits per heavy atom. The van der Waals surface area contributed by atoms with Crippen LogP contribution in [0.2, 0.25) is 0 Å². The molecule has 0 radical (unpaired) electrons. The standard InChI is InChI=1S/C14H17NO2/c1-9-4-3-5-11(6-9)7-10(2)12-8-13(16)15-14(12)17/h3-6,10,12H,7-8H2,1-2H3,(H,15,16,17). The van der Waals surface area contributed by atoms with Gasteiger partial charge in [0, 0.05) is 12.3 Å². The molecular formula is C14H17NO2. The molecule has 1 aliphatic heterocycles. The molecule has 3 heteroatoms. The summed E-state index contributed by atoms with van der Waals surface area (Å²) in [6, 6.07) is 8.28. The van der Waals surface area contributed by atoms with Gasteiger partial charge in [-0.25, -0.2) is 0 Å². The Kier molecular flexibility index (Phi) is 3.27.